The Labute approximate surface area is 137 Å². The molecule has 1 heterocycles. The summed E-state index contributed by atoms with van der Waals surface area (Å²) in [5, 5.41) is 7.02. The molecule has 2 rings (SSSR count). The van der Waals surface area contributed by atoms with Gasteiger partial charge in [-0.1, -0.05) is 41.7 Å². The van der Waals surface area contributed by atoms with Crippen LogP contribution in [-0.2, 0) is 0 Å². The molecule has 0 atom stereocenters. The van der Waals surface area contributed by atoms with Crippen molar-refractivity contribution in [1.29, 1.82) is 0 Å². The highest BCUT2D eigenvalue weighted by Crippen LogP contribution is 2.32. The van der Waals surface area contributed by atoms with Gasteiger partial charge in [-0.2, -0.15) is 0 Å². The molecule has 0 radical (unpaired) electrons. The van der Waals surface area contributed by atoms with Gasteiger partial charge in [0.15, 0.2) is 5.82 Å². The average Bonchev–Trinajstić information content (AvgIpc) is 2.44. The molecule has 0 fully saturated rings. The van der Waals surface area contributed by atoms with Crippen molar-refractivity contribution in [2.75, 3.05) is 17.2 Å². The van der Waals surface area contributed by atoms with Crippen LogP contribution < -0.4 is 10.6 Å². The van der Waals surface area contributed by atoms with Crippen LogP contribution >= 0.6 is 34.8 Å². The molecule has 0 aliphatic heterocycles. The molecule has 3 nitrogen and oxygen atoms in total. The van der Waals surface area contributed by atoms with Crippen LogP contribution in [0.3, 0.4) is 0 Å². The highest BCUT2D eigenvalue weighted by Gasteiger charge is 2.11. The number of aromatic nitrogens is 1. The molecule has 0 saturated heterocycles. The Bertz CT molecular complexity index is 650. The van der Waals surface area contributed by atoms with Crippen molar-refractivity contribution in [3.8, 4) is 0 Å². The Morgan fingerprint density at radius 1 is 1.10 bits per heavy atom. The van der Waals surface area contributed by atoms with Gasteiger partial charge < -0.3 is 10.6 Å². The van der Waals surface area contributed by atoms with Crippen LogP contribution in [0.4, 0.5) is 21.7 Å². The van der Waals surface area contributed by atoms with E-state index >= 15 is 0 Å². The van der Waals surface area contributed by atoms with Gasteiger partial charge in [-0.15, -0.1) is 0 Å². The Hall–Kier alpha value is -1.23. The van der Waals surface area contributed by atoms with Crippen LogP contribution in [0.25, 0.3) is 0 Å². The van der Waals surface area contributed by atoms with Crippen LogP contribution in [0.1, 0.15) is 13.3 Å². The summed E-state index contributed by atoms with van der Waals surface area (Å²) in [6.45, 7) is 2.75. The lowest BCUT2D eigenvalue weighted by molar-refractivity contribution is 0.632. The lowest BCUT2D eigenvalue weighted by Gasteiger charge is -2.12. The van der Waals surface area contributed by atoms with E-state index in [1.165, 1.54) is 18.2 Å². The first-order valence-electron chi connectivity index (χ1n) is 6.33. The van der Waals surface area contributed by atoms with E-state index in [-0.39, 0.29) is 5.69 Å². The second kappa shape index (κ2) is 7.16. The van der Waals surface area contributed by atoms with E-state index in [0.717, 1.165) is 13.0 Å². The summed E-state index contributed by atoms with van der Waals surface area (Å²) in [7, 11) is 0. The summed E-state index contributed by atoms with van der Waals surface area (Å²) in [5.41, 5.74) is 0.195. The van der Waals surface area contributed by atoms with E-state index in [1.807, 2.05) is 6.92 Å². The van der Waals surface area contributed by atoms with Crippen molar-refractivity contribution in [2.45, 2.75) is 13.3 Å². The SMILES string of the molecule is CCCNc1nc(Nc2cc(Cl)ccc2F)c(Cl)cc1Cl. The lowest BCUT2D eigenvalue weighted by Crippen LogP contribution is -2.05. The number of nitrogens with zero attached hydrogens (tertiary/aromatic N) is 1. The van der Waals surface area contributed by atoms with Crippen molar-refractivity contribution >= 4 is 52.1 Å². The molecule has 0 bridgehead atoms. The summed E-state index contributed by atoms with van der Waals surface area (Å²) in [4.78, 5) is 4.28. The number of hydrogen-bond donors (Lipinski definition) is 2. The Kier molecular flexibility index (Phi) is 5.51. The van der Waals surface area contributed by atoms with Crippen molar-refractivity contribution in [1.82, 2.24) is 4.98 Å². The fourth-order valence-corrected chi connectivity index (χ4v) is 2.29. The number of rotatable bonds is 5. The van der Waals surface area contributed by atoms with Crippen LogP contribution in [0.5, 0.6) is 0 Å². The van der Waals surface area contributed by atoms with E-state index in [9.17, 15) is 4.39 Å². The van der Waals surface area contributed by atoms with Crippen molar-refractivity contribution < 1.29 is 4.39 Å². The molecular formula is C14H13Cl3FN3. The Balaban J connectivity index is 2.32. The average molecular weight is 349 g/mol. The molecule has 2 aromatic rings. The van der Waals surface area contributed by atoms with Gasteiger partial charge in [0.2, 0.25) is 0 Å². The highest BCUT2D eigenvalue weighted by molar-refractivity contribution is 6.37. The molecule has 1 aromatic carbocycles. The van der Waals surface area contributed by atoms with E-state index in [2.05, 4.69) is 15.6 Å². The van der Waals surface area contributed by atoms with E-state index in [4.69, 9.17) is 34.8 Å². The molecule has 21 heavy (non-hydrogen) atoms. The normalized spacial score (nSPS) is 10.5. The summed E-state index contributed by atoms with van der Waals surface area (Å²) in [5.74, 6) is 0.351. The number of pyridine rings is 1. The molecule has 0 aliphatic carbocycles. The third-order valence-electron chi connectivity index (χ3n) is 2.65. The largest absolute Gasteiger partial charge is 0.369 e. The maximum absolute atomic E-state index is 13.7. The van der Waals surface area contributed by atoms with Crippen LogP contribution in [-0.4, -0.2) is 11.5 Å². The van der Waals surface area contributed by atoms with Gasteiger partial charge in [0.25, 0.3) is 0 Å². The first-order valence-corrected chi connectivity index (χ1v) is 7.46. The third-order valence-corrected chi connectivity index (χ3v) is 3.46. The van der Waals surface area contributed by atoms with Gasteiger partial charge in [0.1, 0.15) is 11.6 Å². The zero-order chi connectivity index (χ0) is 15.4. The van der Waals surface area contributed by atoms with Gasteiger partial charge in [0, 0.05) is 11.6 Å². The second-order valence-electron chi connectivity index (χ2n) is 4.33. The van der Waals surface area contributed by atoms with E-state index in [0.29, 0.717) is 26.7 Å². The van der Waals surface area contributed by atoms with Crippen molar-refractivity contribution in [2.24, 2.45) is 0 Å². The number of nitrogens with one attached hydrogen (secondary N) is 2. The number of anilines is 3. The molecule has 0 amide bonds. The monoisotopic (exact) mass is 347 g/mol. The first-order chi connectivity index (χ1) is 10.0. The molecule has 0 saturated carbocycles. The minimum absolute atomic E-state index is 0.195. The first kappa shape index (κ1) is 16.1. The highest BCUT2D eigenvalue weighted by atomic mass is 35.5. The van der Waals surface area contributed by atoms with Crippen LogP contribution in [0.2, 0.25) is 15.1 Å². The standard InChI is InChI=1S/C14H13Cl3FN3/c1-2-5-19-13-9(16)7-10(17)14(21-13)20-12-6-8(15)3-4-11(12)18/h3-4,6-7H,2,5H2,1H3,(H2,19,20,21). The van der Waals surface area contributed by atoms with E-state index < -0.39 is 5.82 Å². The number of hydrogen-bond acceptors (Lipinski definition) is 3. The molecular weight excluding hydrogens is 336 g/mol. The van der Waals surface area contributed by atoms with Crippen molar-refractivity contribution in [3.05, 3.63) is 45.2 Å². The third kappa shape index (κ3) is 4.13. The number of halogens is 4. The van der Waals surface area contributed by atoms with E-state index in [1.54, 1.807) is 6.07 Å². The summed E-state index contributed by atoms with van der Waals surface area (Å²) in [6, 6.07) is 5.75. The molecule has 112 valence electrons. The fraction of sp³-hybridized carbons (Fsp3) is 0.214. The second-order valence-corrected chi connectivity index (χ2v) is 5.58. The molecule has 1 aromatic heterocycles. The maximum atomic E-state index is 13.7. The fourth-order valence-electron chi connectivity index (χ4n) is 1.64. The zero-order valence-corrected chi connectivity index (χ0v) is 13.5. The smallest absolute Gasteiger partial charge is 0.151 e. The predicted molar refractivity (Wildman–Crippen MR) is 87.7 cm³/mol. The molecule has 2 N–H and O–H groups in total. The molecule has 7 heteroatoms. The van der Waals surface area contributed by atoms with Gasteiger partial charge >= 0.3 is 0 Å². The Morgan fingerprint density at radius 3 is 2.52 bits per heavy atom. The van der Waals surface area contributed by atoms with Gasteiger partial charge in [0.05, 0.1) is 15.7 Å². The summed E-state index contributed by atoms with van der Waals surface area (Å²) >= 11 is 18.0. The summed E-state index contributed by atoms with van der Waals surface area (Å²) in [6.07, 6.45) is 0.923. The molecule has 0 unspecified atom stereocenters. The summed E-state index contributed by atoms with van der Waals surface area (Å²) < 4.78 is 13.7. The maximum Gasteiger partial charge on any atom is 0.151 e. The lowest BCUT2D eigenvalue weighted by atomic mass is 10.3. The van der Waals surface area contributed by atoms with Gasteiger partial charge in [-0.05, 0) is 30.7 Å². The van der Waals surface area contributed by atoms with Gasteiger partial charge in [-0.25, -0.2) is 9.37 Å². The molecule has 0 aliphatic rings. The van der Waals surface area contributed by atoms with Crippen LogP contribution in [0.15, 0.2) is 24.3 Å². The number of benzene rings is 1. The van der Waals surface area contributed by atoms with Crippen LogP contribution in [0, 0.1) is 5.82 Å². The minimum Gasteiger partial charge on any atom is -0.369 e. The molecule has 0 spiro atoms. The predicted octanol–water partition coefficient (Wildman–Crippen LogP) is 5.75. The Morgan fingerprint density at radius 2 is 1.81 bits per heavy atom. The van der Waals surface area contributed by atoms with Crippen molar-refractivity contribution in [3.63, 3.8) is 0 Å². The topological polar surface area (TPSA) is 37.0 Å². The quantitative estimate of drug-likeness (QED) is 0.722. The zero-order valence-electron chi connectivity index (χ0n) is 11.2. The minimum atomic E-state index is -0.449. The van der Waals surface area contributed by atoms with Gasteiger partial charge in [-0.3, -0.25) is 0 Å².